The Morgan fingerprint density at radius 2 is 1.41 bits per heavy atom. The summed E-state index contributed by atoms with van der Waals surface area (Å²) < 4.78 is 0. The Morgan fingerprint density at radius 1 is 0.824 bits per heavy atom. The van der Waals surface area contributed by atoms with Crippen LogP contribution < -0.4 is 0 Å². The molecule has 0 fully saturated rings. The van der Waals surface area contributed by atoms with Crippen LogP contribution in [0.15, 0.2) is 12.1 Å². The highest BCUT2D eigenvalue weighted by Crippen LogP contribution is 2.27. The van der Waals surface area contributed by atoms with Gasteiger partial charge in [-0.05, 0) is 60.4 Å². The van der Waals surface area contributed by atoms with Crippen molar-refractivity contribution in [3.8, 4) is 0 Å². The predicted molar refractivity (Wildman–Crippen MR) is 78.7 cm³/mol. The normalized spacial score (nSPS) is 11.4. The van der Waals surface area contributed by atoms with Gasteiger partial charge in [0.1, 0.15) is 0 Å². The van der Waals surface area contributed by atoms with Crippen LogP contribution in [0.5, 0.6) is 0 Å². The molecule has 0 amide bonds. The number of aryl methyl sites for hydroxylation is 1. The van der Waals surface area contributed by atoms with Crippen LogP contribution in [0.2, 0.25) is 0 Å². The second kappa shape index (κ2) is 6.64. The molecule has 0 aliphatic heterocycles. The van der Waals surface area contributed by atoms with Crippen molar-refractivity contribution < 1.29 is 0 Å². The first-order valence-electron chi connectivity index (χ1n) is 7.02. The number of hydrogen-bond donors (Lipinski definition) is 0. The van der Waals surface area contributed by atoms with Crippen LogP contribution in [0.3, 0.4) is 0 Å². The molecular weight excluding hydrogens is 204 g/mol. The minimum Gasteiger partial charge on any atom is -0.0871 e. The summed E-state index contributed by atoms with van der Waals surface area (Å²) in [6.07, 6.45) is 9.01. The summed E-state index contributed by atoms with van der Waals surface area (Å²) in [5.74, 6) is 0. The Bertz CT molecular complexity index is 397. The van der Waals surface area contributed by atoms with Gasteiger partial charge < -0.3 is 0 Å². The van der Waals surface area contributed by atoms with Crippen LogP contribution in [0, 0.1) is 0 Å². The van der Waals surface area contributed by atoms with Crippen molar-refractivity contribution in [3.63, 3.8) is 0 Å². The maximum atomic E-state index is 2.40. The van der Waals surface area contributed by atoms with E-state index >= 15 is 0 Å². The zero-order chi connectivity index (χ0) is 12.8. The lowest BCUT2D eigenvalue weighted by Gasteiger charge is -2.19. The molecule has 0 radical (unpaired) electrons. The molecule has 0 saturated carbocycles. The summed E-state index contributed by atoms with van der Waals surface area (Å²) in [7, 11) is 0. The highest BCUT2D eigenvalue weighted by Gasteiger charge is 2.12. The molecule has 0 bridgehead atoms. The van der Waals surface area contributed by atoms with E-state index in [9.17, 15) is 0 Å². The van der Waals surface area contributed by atoms with Crippen molar-refractivity contribution in [3.05, 3.63) is 40.0 Å². The minimum absolute atomic E-state index is 1.14. The number of allylic oxidation sites excluding steroid dienone is 1. The third-order valence-corrected chi connectivity index (χ3v) is 3.58. The van der Waals surface area contributed by atoms with Crippen LogP contribution >= 0.6 is 0 Å². The summed E-state index contributed by atoms with van der Waals surface area (Å²) in [4.78, 5) is 0. The molecule has 0 aromatic heterocycles. The molecule has 0 aliphatic rings. The van der Waals surface area contributed by atoms with Crippen LogP contribution in [-0.4, -0.2) is 0 Å². The van der Waals surface area contributed by atoms with Crippen molar-refractivity contribution in [1.29, 1.82) is 0 Å². The van der Waals surface area contributed by atoms with Gasteiger partial charge in [-0.25, -0.2) is 0 Å². The lowest BCUT2D eigenvalue weighted by Crippen LogP contribution is -2.05. The average molecular weight is 230 g/mol. The van der Waals surface area contributed by atoms with Gasteiger partial charge in [0.2, 0.25) is 0 Å². The van der Waals surface area contributed by atoms with E-state index in [4.69, 9.17) is 0 Å². The molecule has 0 unspecified atom stereocenters. The lowest BCUT2D eigenvalue weighted by atomic mass is 9.86. The van der Waals surface area contributed by atoms with E-state index in [0.717, 1.165) is 25.7 Å². The monoisotopic (exact) mass is 230 g/mol. The molecule has 94 valence electrons. The van der Waals surface area contributed by atoms with Gasteiger partial charge in [-0.1, -0.05) is 45.9 Å². The lowest BCUT2D eigenvalue weighted by molar-refractivity contribution is 0.941. The van der Waals surface area contributed by atoms with Crippen LogP contribution in [0.4, 0.5) is 0 Å². The van der Waals surface area contributed by atoms with Crippen molar-refractivity contribution in [2.24, 2.45) is 0 Å². The second-order valence-corrected chi connectivity index (χ2v) is 4.47. The van der Waals surface area contributed by atoms with E-state index in [1.165, 1.54) is 11.1 Å². The van der Waals surface area contributed by atoms with E-state index in [-0.39, 0.29) is 0 Å². The van der Waals surface area contributed by atoms with Gasteiger partial charge in [0.15, 0.2) is 0 Å². The highest BCUT2D eigenvalue weighted by atomic mass is 14.2. The molecule has 0 heteroatoms. The van der Waals surface area contributed by atoms with Crippen molar-refractivity contribution >= 4 is 6.08 Å². The fraction of sp³-hybridized carbons (Fsp3) is 0.529. The molecule has 1 aromatic rings. The summed E-state index contributed by atoms with van der Waals surface area (Å²) in [6.45, 7) is 11.2. The summed E-state index contributed by atoms with van der Waals surface area (Å²) in [6, 6.07) is 2.40. The molecule has 0 nitrogen and oxygen atoms in total. The van der Waals surface area contributed by atoms with Gasteiger partial charge in [-0.3, -0.25) is 0 Å². The Morgan fingerprint density at radius 3 is 1.82 bits per heavy atom. The highest BCUT2D eigenvalue weighted by molar-refractivity contribution is 5.60. The summed E-state index contributed by atoms with van der Waals surface area (Å²) >= 11 is 0. The van der Waals surface area contributed by atoms with E-state index < -0.39 is 0 Å². The molecule has 17 heavy (non-hydrogen) atoms. The standard InChI is InChI=1S/C17H26/c1-6-11-14-12-13(7-2)15(8-3)17(10-5)16(14)9-4/h6,11-12H,7-10H2,1-5H3/b11-6+. The molecule has 0 atom stereocenters. The number of benzene rings is 1. The van der Waals surface area contributed by atoms with Gasteiger partial charge in [0.05, 0.1) is 0 Å². The maximum absolute atomic E-state index is 2.40. The van der Waals surface area contributed by atoms with Gasteiger partial charge in [-0.15, -0.1) is 0 Å². The molecular formula is C17H26. The third-order valence-electron chi connectivity index (χ3n) is 3.58. The zero-order valence-electron chi connectivity index (χ0n) is 12.1. The van der Waals surface area contributed by atoms with Crippen molar-refractivity contribution in [1.82, 2.24) is 0 Å². The Hall–Kier alpha value is -1.04. The molecule has 1 rings (SSSR count). The van der Waals surface area contributed by atoms with Crippen molar-refractivity contribution in [2.75, 3.05) is 0 Å². The predicted octanol–water partition coefficient (Wildman–Crippen LogP) is 4.97. The molecule has 0 spiro atoms. The fourth-order valence-corrected chi connectivity index (χ4v) is 2.84. The van der Waals surface area contributed by atoms with Gasteiger partial charge in [0, 0.05) is 0 Å². The third kappa shape index (κ3) is 2.80. The number of hydrogen-bond acceptors (Lipinski definition) is 0. The molecule has 0 saturated heterocycles. The Labute approximate surface area is 107 Å². The Kier molecular flexibility index (Phi) is 5.47. The molecule has 1 aromatic carbocycles. The molecule has 0 N–H and O–H groups in total. The van der Waals surface area contributed by atoms with Gasteiger partial charge >= 0.3 is 0 Å². The SMILES string of the molecule is C/C=C/c1cc(CC)c(CC)c(CC)c1CC. The second-order valence-electron chi connectivity index (χ2n) is 4.47. The van der Waals surface area contributed by atoms with E-state index in [0.29, 0.717) is 0 Å². The first kappa shape index (κ1) is 14.0. The van der Waals surface area contributed by atoms with Crippen LogP contribution in [0.25, 0.3) is 6.08 Å². The van der Waals surface area contributed by atoms with E-state index in [2.05, 4.69) is 52.8 Å². The fourth-order valence-electron chi connectivity index (χ4n) is 2.84. The summed E-state index contributed by atoms with van der Waals surface area (Å²) in [5, 5.41) is 0. The summed E-state index contributed by atoms with van der Waals surface area (Å²) in [5.41, 5.74) is 7.72. The minimum atomic E-state index is 1.14. The first-order chi connectivity index (χ1) is 8.23. The largest absolute Gasteiger partial charge is 0.0871 e. The van der Waals surface area contributed by atoms with Crippen LogP contribution in [0.1, 0.15) is 62.4 Å². The van der Waals surface area contributed by atoms with E-state index in [1.807, 2.05) is 0 Å². The average Bonchev–Trinajstić information content (AvgIpc) is 2.37. The van der Waals surface area contributed by atoms with Crippen molar-refractivity contribution in [2.45, 2.75) is 60.3 Å². The zero-order valence-corrected chi connectivity index (χ0v) is 12.1. The molecule has 0 aliphatic carbocycles. The number of rotatable bonds is 5. The molecule has 0 heterocycles. The van der Waals surface area contributed by atoms with Gasteiger partial charge in [0.25, 0.3) is 0 Å². The van der Waals surface area contributed by atoms with Crippen LogP contribution in [-0.2, 0) is 25.7 Å². The first-order valence-corrected chi connectivity index (χ1v) is 7.02. The maximum Gasteiger partial charge on any atom is -0.0222 e. The quantitative estimate of drug-likeness (QED) is 0.670. The van der Waals surface area contributed by atoms with E-state index in [1.54, 1.807) is 16.7 Å². The topological polar surface area (TPSA) is 0 Å². The Balaban J connectivity index is 3.54. The smallest absolute Gasteiger partial charge is 0.0222 e. The van der Waals surface area contributed by atoms with Gasteiger partial charge in [-0.2, -0.15) is 0 Å².